The Kier molecular flexibility index (Phi) is 5.67. The quantitative estimate of drug-likeness (QED) is 0.465. The van der Waals surface area contributed by atoms with E-state index in [-0.39, 0.29) is 24.4 Å². The maximum absolute atomic E-state index is 13.3. The summed E-state index contributed by atoms with van der Waals surface area (Å²) >= 11 is 1.63. The molecule has 1 saturated heterocycles. The van der Waals surface area contributed by atoms with Gasteiger partial charge in [0.25, 0.3) is 11.8 Å². The number of piperazine rings is 1. The fraction of sp³-hybridized carbons (Fsp3) is 0.280. The number of hydrazone groups is 1. The number of aromatic nitrogens is 2. The van der Waals surface area contributed by atoms with Crippen molar-refractivity contribution >= 4 is 39.8 Å². The van der Waals surface area contributed by atoms with E-state index in [0.29, 0.717) is 44.1 Å². The molecule has 1 atom stereocenters. The number of furan rings is 1. The first-order valence-corrected chi connectivity index (χ1v) is 12.5. The van der Waals surface area contributed by atoms with Crippen molar-refractivity contribution in [1.29, 1.82) is 0 Å². The number of aromatic amines is 1. The number of para-hydroxylation sites is 1. The number of carbonyl (C=O) groups excluding carboxylic acids is 2. The largest absolute Gasteiger partial charge is 0.463 e. The Morgan fingerprint density at radius 2 is 1.91 bits per heavy atom. The standard InChI is InChI=1S/C25H24N6O3S/c32-23(31-20(22-8-4-14-35-22)15-19(28-31)21-7-3-13-34-21)16-29-9-11-30(12-10-29)25(33)24-17-5-1-2-6-18(17)26-27-24/h1-8,13-14,20H,9-12,15-16H2,(H,26,27)/t20-/m1/s1. The SMILES string of the molecule is O=C(c1n[nH]c2ccccc12)N1CCN(CC(=O)N2N=C(c3ccco3)C[C@@H]2c2cccs2)CC1. The van der Waals surface area contributed by atoms with Crippen LogP contribution in [0.5, 0.6) is 0 Å². The van der Waals surface area contributed by atoms with Gasteiger partial charge in [0, 0.05) is 42.9 Å². The van der Waals surface area contributed by atoms with Crippen molar-refractivity contribution in [3.63, 3.8) is 0 Å². The predicted octanol–water partition coefficient (Wildman–Crippen LogP) is 3.35. The van der Waals surface area contributed by atoms with E-state index in [0.717, 1.165) is 21.5 Å². The number of rotatable bonds is 5. The summed E-state index contributed by atoms with van der Waals surface area (Å²) in [5, 5.41) is 16.3. The molecule has 35 heavy (non-hydrogen) atoms. The summed E-state index contributed by atoms with van der Waals surface area (Å²) < 4.78 is 5.53. The third-order valence-corrected chi connectivity index (χ3v) is 7.51. The van der Waals surface area contributed by atoms with Crippen molar-refractivity contribution in [2.45, 2.75) is 12.5 Å². The average molecular weight is 489 g/mol. The minimum atomic E-state index is -0.126. The van der Waals surface area contributed by atoms with Crippen molar-refractivity contribution < 1.29 is 14.0 Å². The van der Waals surface area contributed by atoms with Crippen LogP contribution in [-0.4, -0.2) is 75.3 Å². The van der Waals surface area contributed by atoms with Gasteiger partial charge < -0.3 is 9.32 Å². The van der Waals surface area contributed by atoms with Gasteiger partial charge in [0.2, 0.25) is 0 Å². The fourth-order valence-electron chi connectivity index (χ4n) is 4.68. The highest BCUT2D eigenvalue weighted by Gasteiger charge is 2.36. The molecular weight excluding hydrogens is 464 g/mol. The van der Waals surface area contributed by atoms with Gasteiger partial charge in [-0.3, -0.25) is 19.6 Å². The van der Waals surface area contributed by atoms with Gasteiger partial charge in [-0.25, -0.2) is 5.01 Å². The number of fused-ring (bicyclic) bond motifs is 1. The van der Waals surface area contributed by atoms with E-state index in [1.54, 1.807) is 27.5 Å². The Bertz CT molecular complexity index is 1370. The van der Waals surface area contributed by atoms with Crippen molar-refractivity contribution in [1.82, 2.24) is 25.0 Å². The lowest BCUT2D eigenvalue weighted by atomic mass is 10.1. The molecule has 2 aliphatic rings. The van der Waals surface area contributed by atoms with E-state index in [1.165, 1.54) is 0 Å². The normalized spacial score (nSPS) is 18.9. The molecule has 0 radical (unpaired) electrons. The average Bonchev–Trinajstić information content (AvgIpc) is 3.69. The van der Waals surface area contributed by atoms with Crippen LogP contribution in [0.4, 0.5) is 0 Å². The molecule has 1 fully saturated rings. The van der Waals surface area contributed by atoms with Gasteiger partial charge in [-0.15, -0.1) is 11.3 Å². The summed E-state index contributed by atoms with van der Waals surface area (Å²) in [6.07, 6.45) is 2.24. The van der Waals surface area contributed by atoms with E-state index in [2.05, 4.69) is 20.2 Å². The predicted molar refractivity (Wildman–Crippen MR) is 132 cm³/mol. The van der Waals surface area contributed by atoms with Gasteiger partial charge >= 0.3 is 0 Å². The van der Waals surface area contributed by atoms with Crippen molar-refractivity contribution in [3.05, 3.63) is 76.5 Å². The number of hydrogen-bond acceptors (Lipinski definition) is 7. The molecular formula is C25H24N6O3S. The Hall–Kier alpha value is -3.76. The number of nitrogens with one attached hydrogen (secondary N) is 1. The minimum absolute atomic E-state index is 0.0528. The molecule has 5 heterocycles. The number of carbonyl (C=O) groups is 2. The van der Waals surface area contributed by atoms with Gasteiger partial charge in [-0.05, 0) is 29.6 Å². The smallest absolute Gasteiger partial charge is 0.275 e. The highest BCUT2D eigenvalue weighted by atomic mass is 32.1. The monoisotopic (exact) mass is 488 g/mol. The second kappa shape index (κ2) is 9.12. The number of thiophene rings is 1. The second-order valence-electron chi connectivity index (χ2n) is 8.68. The van der Waals surface area contributed by atoms with E-state index in [4.69, 9.17) is 4.42 Å². The maximum Gasteiger partial charge on any atom is 0.275 e. The van der Waals surface area contributed by atoms with Gasteiger partial charge in [0.1, 0.15) is 11.5 Å². The molecule has 1 N–H and O–H groups in total. The van der Waals surface area contributed by atoms with Crippen LogP contribution in [0.15, 0.2) is 69.7 Å². The van der Waals surface area contributed by atoms with Crippen LogP contribution >= 0.6 is 11.3 Å². The van der Waals surface area contributed by atoms with Crippen molar-refractivity contribution in [2.75, 3.05) is 32.7 Å². The van der Waals surface area contributed by atoms with E-state index in [9.17, 15) is 9.59 Å². The van der Waals surface area contributed by atoms with Gasteiger partial charge in [0.15, 0.2) is 5.69 Å². The molecule has 6 rings (SSSR count). The van der Waals surface area contributed by atoms with Crippen molar-refractivity contribution in [3.8, 4) is 0 Å². The lowest BCUT2D eigenvalue weighted by molar-refractivity contribution is -0.134. The molecule has 9 nitrogen and oxygen atoms in total. The summed E-state index contributed by atoms with van der Waals surface area (Å²) in [6.45, 7) is 2.58. The molecule has 3 aromatic heterocycles. The van der Waals surface area contributed by atoms with Crippen LogP contribution in [0, 0.1) is 0 Å². The van der Waals surface area contributed by atoms with E-state index >= 15 is 0 Å². The minimum Gasteiger partial charge on any atom is -0.463 e. The van der Waals surface area contributed by atoms with E-state index < -0.39 is 0 Å². The Balaban J connectivity index is 1.11. The Labute approximate surface area is 205 Å². The summed E-state index contributed by atoms with van der Waals surface area (Å²) in [4.78, 5) is 31.4. The van der Waals surface area contributed by atoms with Crippen molar-refractivity contribution in [2.24, 2.45) is 5.10 Å². The molecule has 2 aliphatic heterocycles. The molecule has 1 aromatic carbocycles. The van der Waals surface area contributed by atoms with Gasteiger partial charge in [-0.2, -0.15) is 10.2 Å². The summed E-state index contributed by atoms with van der Waals surface area (Å²) in [5.74, 6) is 0.557. The molecule has 0 bridgehead atoms. The van der Waals surface area contributed by atoms with Gasteiger partial charge in [-0.1, -0.05) is 24.3 Å². The van der Waals surface area contributed by atoms with Crippen LogP contribution in [0.3, 0.4) is 0 Å². The first-order valence-electron chi connectivity index (χ1n) is 11.6. The fourth-order valence-corrected chi connectivity index (χ4v) is 5.50. The molecule has 0 aliphatic carbocycles. The summed E-state index contributed by atoms with van der Waals surface area (Å²) in [7, 11) is 0. The lowest BCUT2D eigenvalue weighted by Gasteiger charge is -2.34. The van der Waals surface area contributed by atoms with Crippen LogP contribution in [0.2, 0.25) is 0 Å². The zero-order chi connectivity index (χ0) is 23.8. The Morgan fingerprint density at radius 1 is 1.06 bits per heavy atom. The number of hydrogen-bond donors (Lipinski definition) is 1. The zero-order valence-corrected chi connectivity index (χ0v) is 19.8. The van der Waals surface area contributed by atoms with Crippen LogP contribution < -0.4 is 0 Å². The van der Waals surface area contributed by atoms with Crippen LogP contribution in [0.1, 0.15) is 33.6 Å². The molecule has 0 spiro atoms. The number of nitrogens with zero attached hydrogens (tertiary/aromatic N) is 5. The highest BCUT2D eigenvalue weighted by molar-refractivity contribution is 7.10. The molecule has 0 saturated carbocycles. The van der Waals surface area contributed by atoms with Crippen LogP contribution in [-0.2, 0) is 4.79 Å². The van der Waals surface area contributed by atoms with Gasteiger partial charge in [0.05, 0.1) is 24.4 Å². The first kappa shape index (κ1) is 21.8. The molecule has 0 unspecified atom stereocenters. The second-order valence-corrected chi connectivity index (χ2v) is 9.66. The number of benzene rings is 1. The maximum atomic E-state index is 13.3. The third kappa shape index (κ3) is 4.15. The van der Waals surface area contributed by atoms with Crippen LogP contribution in [0.25, 0.3) is 10.9 Å². The molecule has 10 heteroatoms. The third-order valence-electron chi connectivity index (χ3n) is 6.53. The lowest BCUT2D eigenvalue weighted by Crippen LogP contribution is -2.51. The van der Waals surface area contributed by atoms with E-state index in [1.807, 2.05) is 53.9 Å². The summed E-state index contributed by atoms with van der Waals surface area (Å²) in [5.41, 5.74) is 2.07. The number of amides is 2. The molecule has 178 valence electrons. The number of H-pyrrole nitrogens is 1. The Morgan fingerprint density at radius 3 is 2.69 bits per heavy atom. The first-order chi connectivity index (χ1) is 17.2. The molecule has 4 aromatic rings. The summed E-state index contributed by atoms with van der Waals surface area (Å²) in [6, 6.07) is 15.2. The zero-order valence-electron chi connectivity index (χ0n) is 19.0. The highest BCUT2D eigenvalue weighted by Crippen LogP contribution is 2.35. The topological polar surface area (TPSA) is 98.0 Å². The molecule has 2 amide bonds.